The van der Waals surface area contributed by atoms with Gasteiger partial charge in [0.05, 0.1) is 19.1 Å². The Labute approximate surface area is 450 Å². The first-order valence-electron chi connectivity index (χ1n) is 25.4. The molecule has 0 fully saturated rings. The Kier molecular flexibility index (Phi) is 26.9. The van der Waals surface area contributed by atoms with E-state index in [0.29, 0.717) is 24.4 Å². The highest BCUT2D eigenvalue weighted by atomic mass is 16.5. The Bertz CT molecular complexity index is 2870. The molecule has 78 heavy (non-hydrogen) atoms. The Hall–Kier alpha value is -8.96. The molecule has 3 heterocycles. The third-order valence-electron chi connectivity index (χ3n) is 12.1. The van der Waals surface area contributed by atoms with Gasteiger partial charge in [-0.25, -0.2) is 19.4 Å². The maximum Gasteiger partial charge on any atom is 0.330 e. The van der Waals surface area contributed by atoms with Crippen molar-refractivity contribution in [2.24, 2.45) is 18.9 Å². The van der Waals surface area contributed by atoms with E-state index in [9.17, 15) is 57.8 Å². The van der Waals surface area contributed by atoms with Crippen molar-refractivity contribution in [1.82, 2.24) is 40.0 Å². The van der Waals surface area contributed by atoms with E-state index < -0.39 is 83.2 Å². The van der Waals surface area contributed by atoms with Gasteiger partial charge in [-0.1, -0.05) is 77.3 Å². The molecule has 3 aromatic heterocycles. The maximum atomic E-state index is 13.2. The van der Waals surface area contributed by atoms with Crippen LogP contribution in [0.3, 0.4) is 0 Å². The van der Waals surface area contributed by atoms with Crippen molar-refractivity contribution in [1.29, 1.82) is 0 Å². The van der Waals surface area contributed by atoms with Crippen LogP contribution in [0.4, 0.5) is 11.4 Å². The topological polar surface area (TPSA) is 337 Å². The van der Waals surface area contributed by atoms with Gasteiger partial charge in [0.1, 0.15) is 48.3 Å². The molecule has 24 nitrogen and oxygen atoms in total. The molecule has 0 saturated carbocycles. The molecule has 6 amide bonds. The van der Waals surface area contributed by atoms with Gasteiger partial charge in [0.2, 0.25) is 23.6 Å². The molecule has 8 N–H and O–H groups in total. The van der Waals surface area contributed by atoms with E-state index in [4.69, 9.17) is 9.84 Å². The third kappa shape index (κ3) is 21.3. The van der Waals surface area contributed by atoms with E-state index in [-0.39, 0.29) is 67.7 Å². The van der Waals surface area contributed by atoms with Crippen LogP contribution in [0.2, 0.25) is 0 Å². The van der Waals surface area contributed by atoms with Crippen LogP contribution < -0.4 is 43.0 Å². The highest BCUT2D eigenvalue weighted by molar-refractivity contribution is 6.02. The molecule has 24 heteroatoms. The lowest BCUT2D eigenvalue weighted by Gasteiger charge is -2.20. The Morgan fingerprint density at radius 1 is 0.679 bits per heavy atom. The van der Waals surface area contributed by atoms with Crippen molar-refractivity contribution in [3.05, 3.63) is 136 Å². The predicted molar refractivity (Wildman–Crippen MR) is 288 cm³/mol. The van der Waals surface area contributed by atoms with Gasteiger partial charge in [-0.05, 0) is 80.8 Å². The maximum absolute atomic E-state index is 13.2. The molecule has 0 radical (unpaired) electrons. The van der Waals surface area contributed by atoms with Crippen molar-refractivity contribution in [2.45, 2.75) is 111 Å². The Morgan fingerprint density at radius 3 is 1.71 bits per heavy atom. The fraction of sp³-hybridized carbons (Fsp3) is 0.407. The summed E-state index contributed by atoms with van der Waals surface area (Å²) in [6.07, 6.45) is 13.6. The number of esters is 1. The number of carboxylic acid groups (broad SMARTS) is 2. The summed E-state index contributed by atoms with van der Waals surface area (Å²) in [6, 6.07) is 10.8. The molecule has 4 aromatic rings. The zero-order valence-corrected chi connectivity index (χ0v) is 44.6. The number of pyridine rings is 2. The number of ether oxygens (including phenoxy) is 1. The minimum atomic E-state index is -1.18. The van der Waals surface area contributed by atoms with E-state index in [0.717, 1.165) is 23.5 Å². The summed E-state index contributed by atoms with van der Waals surface area (Å²) in [5, 5.41) is 33.7. The van der Waals surface area contributed by atoms with E-state index >= 15 is 0 Å². The number of carboxylic acids is 2. The monoisotopic (exact) mass is 1080 g/mol. The summed E-state index contributed by atoms with van der Waals surface area (Å²) in [5.74, 6) is -6.20. The first kappa shape index (κ1) is 63.3. The number of imidazole rings is 1. The zero-order valence-electron chi connectivity index (χ0n) is 44.6. The van der Waals surface area contributed by atoms with Crippen LogP contribution in [0.15, 0.2) is 113 Å². The molecule has 0 spiro atoms. The number of nitrogens with one attached hydrogen (secondary N) is 6. The molecule has 1 aromatic carbocycles. The van der Waals surface area contributed by atoms with Gasteiger partial charge in [0.15, 0.2) is 0 Å². The fourth-order valence-electron chi connectivity index (χ4n) is 7.31. The lowest BCUT2D eigenvalue weighted by Crippen LogP contribution is -2.47. The molecule has 0 saturated heterocycles. The lowest BCUT2D eigenvalue weighted by atomic mass is 9.99. The van der Waals surface area contributed by atoms with Gasteiger partial charge in [-0.15, -0.1) is 0 Å². The molecule has 0 aliphatic rings. The van der Waals surface area contributed by atoms with Gasteiger partial charge in [0, 0.05) is 43.7 Å². The number of hydrogen-bond donors (Lipinski definition) is 8. The number of benzene rings is 1. The number of aryl methyl sites for hydroxylation is 1. The standard InChI is InChI=1S/C29H36N4O8.C25H34N6O6/c1-4-19(3)25(29(39)40)32-23(34)18-33-17-11-15-22(28(33)38)31-27(37)21(14-9-10-16-24(35)41-5-2)30-26(36)20-12-7-6-8-13-20;1-4-17(5-2)13-27-21(32)15-31-12-8-10-19(25(31)37)29-23(35)18(9-6-7-11-22(33)34)28-24(36)20-14-26-16-30(20)3/h6-8,10-13,15-17,19,21,25H,4-5,9,14,18H2,1-3H3,(H,30,36)(H,31,37)(H,32,34)(H,39,40);7-8,10-12,14,16-18H,4-6,9,13,15H2,1-3H3,(H,27,32)(H,28,36)(H,29,35)(H,33,34)/t19-,21+,25+;/m1./s1. The summed E-state index contributed by atoms with van der Waals surface area (Å²) < 4.78 is 8.55. The molecule has 1 unspecified atom stereocenters. The van der Waals surface area contributed by atoms with Crippen molar-refractivity contribution < 1.29 is 58.1 Å². The second kappa shape index (κ2) is 33.2. The molecule has 0 aliphatic carbocycles. The predicted octanol–water partition coefficient (Wildman–Crippen LogP) is 3.39. The van der Waals surface area contributed by atoms with Crippen LogP contribution in [0, 0.1) is 11.8 Å². The van der Waals surface area contributed by atoms with E-state index in [2.05, 4.69) is 36.9 Å². The van der Waals surface area contributed by atoms with Crippen molar-refractivity contribution >= 4 is 64.7 Å². The van der Waals surface area contributed by atoms with Crippen LogP contribution >= 0.6 is 0 Å². The van der Waals surface area contributed by atoms with Crippen LogP contribution in [0.1, 0.15) is 100 Å². The molecule has 4 rings (SSSR count). The number of aliphatic carboxylic acids is 2. The van der Waals surface area contributed by atoms with E-state index in [1.807, 2.05) is 13.8 Å². The number of aromatic nitrogens is 4. The summed E-state index contributed by atoms with van der Waals surface area (Å²) >= 11 is 0. The number of allylic oxidation sites excluding steroid dienone is 2. The lowest BCUT2D eigenvalue weighted by molar-refractivity contribution is -0.143. The number of hydrogen-bond acceptors (Lipinski definition) is 13. The quantitative estimate of drug-likeness (QED) is 0.0285. The van der Waals surface area contributed by atoms with Crippen LogP contribution in [0.5, 0.6) is 0 Å². The SMILES string of the molecule is CCC(CC)CNC(=O)Cn1cccc(NC(=O)C(CCC=CC(=O)O)NC(=O)c2cncn2C)c1=O.CCOC(=O)C=CCC[C@H](NC(=O)c1ccccc1)C(=O)Nc1cccn(CC(=O)N[C@H](C(=O)O)[C@H](C)CC)c1=O. The van der Waals surface area contributed by atoms with Crippen LogP contribution in [-0.4, -0.2) is 114 Å². The number of carbonyl (C=O) groups excluding carboxylic acids is 7. The van der Waals surface area contributed by atoms with Gasteiger partial charge < -0.3 is 60.6 Å². The second-order valence-corrected chi connectivity index (χ2v) is 17.8. The highest BCUT2D eigenvalue weighted by Crippen LogP contribution is 2.11. The largest absolute Gasteiger partial charge is 0.480 e. The Balaban J connectivity index is 0.000000412. The van der Waals surface area contributed by atoms with Gasteiger partial charge in [-0.2, -0.15) is 0 Å². The average molecular weight is 1080 g/mol. The van der Waals surface area contributed by atoms with Crippen molar-refractivity contribution in [3.63, 3.8) is 0 Å². The van der Waals surface area contributed by atoms with Crippen molar-refractivity contribution in [3.8, 4) is 0 Å². The normalized spacial score (nSPS) is 12.5. The smallest absolute Gasteiger partial charge is 0.330 e. The highest BCUT2D eigenvalue weighted by Gasteiger charge is 2.27. The summed E-state index contributed by atoms with van der Waals surface area (Å²) in [4.78, 5) is 140. The van der Waals surface area contributed by atoms with Gasteiger partial charge in [0.25, 0.3) is 22.9 Å². The summed E-state index contributed by atoms with van der Waals surface area (Å²) in [6.45, 7) is 9.34. The zero-order chi connectivity index (χ0) is 57.7. The average Bonchev–Trinajstić information content (AvgIpc) is 3.86. The van der Waals surface area contributed by atoms with Gasteiger partial charge in [-0.3, -0.25) is 38.4 Å². The first-order valence-corrected chi connectivity index (χ1v) is 25.4. The number of anilines is 2. The molecule has 0 bridgehead atoms. The molecule has 420 valence electrons. The molecule has 4 atom stereocenters. The first-order chi connectivity index (χ1) is 37.2. The number of amides is 6. The van der Waals surface area contributed by atoms with Crippen LogP contribution in [-0.2, 0) is 58.4 Å². The van der Waals surface area contributed by atoms with Gasteiger partial charge >= 0.3 is 17.9 Å². The van der Waals surface area contributed by atoms with Crippen molar-refractivity contribution in [2.75, 3.05) is 23.8 Å². The minimum Gasteiger partial charge on any atom is -0.480 e. The fourth-order valence-corrected chi connectivity index (χ4v) is 7.31. The molecule has 0 aliphatic heterocycles. The Morgan fingerprint density at radius 2 is 1.22 bits per heavy atom. The minimum absolute atomic E-state index is 0.0545. The number of rotatable bonds is 29. The van der Waals surface area contributed by atoms with E-state index in [1.165, 1.54) is 76.5 Å². The molecular formula is C54H70N10O14. The summed E-state index contributed by atoms with van der Waals surface area (Å²) in [7, 11) is 1.62. The number of nitrogens with zero attached hydrogens (tertiary/aromatic N) is 4. The molecular weight excluding hydrogens is 1010 g/mol. The number of carbonyl (C=O) groups is 9. The third-order valence-corrected chi connectivity index (χ3v) is 12.1. The van der Waals surface area contributed by atoms with Crippen LogP contribution in [0.25, 0.3) is 0 Å². The second-order valence-electron chi connectivity index (χ2n) is 17.8. The summed E-state index contributed by atoms with van der Waals surface area (Å²) in [5.41, 5.74) is -0.903. The van der Waals surface area contributed by atoms with E-state index in [1.54, 1.807) is 58.2 Å².